The molecule has 3 aromatic carbocycles. The minimum Gasteiger partial charge on any atom is -0.495 e. The zero-order chi connectivity index (χ0) is 24.6. The summed E-state index contributed by atoms with van der Waals surface area (Å²) in [7, 11) is 1.53. The Morgan fingerprint density at radius 3 is 1.86 bits per heavy atom. The molecule has 0 bridgehead atoms. The number of nitrogens with one attached hydrogen (secondary N) is 4. The zero-order valence-corrected chi connectivity index (χ0v) is 19.9. The van der Waals surface area contributed by atoms with E-state index in [-0.39, 0.29) is 11.9 Å². The maximum Gasteiger partial charge on any atom is 0.246 e. The molecule has 9 nitrogen and oxygen atoms in total. The van der Waals surface area contributed by atoms with Gasteiger partial charge in [-0.2, -0.15) is 15.0 Å². The second kappa shape index (κ2) is 11.2. The molecule has 0 radical (unpaired) electrons. The van der Waals surface area contributed by atoms with Crippen molar-refractivity contribution in [3.05, 3.63) is 83.9 Å². The number of methoxy groups -OCH3 is 1. The number of para-hydroxylation sites is 2. The number of halogens is 1. The normalized spacial score (nSPS) is 11.3. The van der Waals surface area contributed by atoms with E-state index in [0.717, 1.165) is 11.4 Å². The molecule has 4 rings (SSSR count). The number of benzene rings is 3. The van der Waals surface area contributed by atoms with E-state index in [1.165, 1.54) is 7.11 Å². The van der Waals surface area contributed by atoms with Gasteiger partial charge < -0.3 is 26.0 Å². The average molecular weight is 490 g/mol. The van der Waals surface area contributed by atoms with Crippen molar-refractivity contribution in [1.82, 2.24) is 15.0 Å². The fourth-order valence-electron chi connectivity index (χ4n) is 3.11. The Hall–Kier alpha value is -4.37. The minimum absolute atomic E-state index is 0.229. The summed E-state index contributed by atoms with van der Waals surface area (Å²) in [6.45, 7) is 1.71. The second-order valence-electron chi connectivity index (χ2n) is 7.49. The van der Waals surface area contributed by atoms with Crippen LogP contribution >= 0.6 is 11.6 Å². The van der Waals surface area contributed by atoms with Gasteiger partial charge in [-0.25, -0.2) is 0 Å². The third kappa shape index (κ3) is 6.58. The van der Waals surface area contributed by atoms with Crippen molar-refractivity contribution in [2.75, 3.05) is 28.4 Å². The number of amides is 1. The summed E-state index contributed by atoms with van der Waals surface area (Å²) >= 11 is 6.16. The Morgan fingerprint density at radius 2 is 1.34 bits per heavy atom. The van der Waals surface area contributed by atoms with Crippen LogP contribution in [0.25, 0.3) is 0 Å². The van der Waals surface area contributed by atoms with Crippen LogP contribution in [0.3, 0.4) is 0 Å². The van der Waals surface area contributed by atoms with Gasteiger partial charge in [0.15, 0.2) is 0 Å². The van der Waals surface area contributed by atoms with Gasteiger partial charge in [-0.15, -0.1) is 0 Å². The van der Waals surface area contributed by atoms with Gasteiger partial charge in [0.05, 0.1) is 12.1 Å². The van der Waals surface area contributed by atoms with Gasteiger partial charge in [-0.05, 0) is 49.4 Å². The summed E-state index contributed by atoms with van der Waals surface area (Å²) in [6.07, 6.45) is 0. The standard InChI is InChI=1S/C25H24ClN7O2/c1-16(22(34)28-19-13-14-21(35-2)20(26)15-19)27-23-31-24(29-17-9-5-3-6-10-17)33-25(32-23)30-18-11-7-4-8-12-18/h3-16H,1-2H3,(H,28,34)(H3,27,29,30,31,32,33). The zero-order valence-electron chi connectivity index (χ0n) is 19.1. The van der Waals surface area contributed by atoms with Crippen LogP contribution < -0.4 is 26.0 Å². The van der Waals surface area contributed by atoms with Crippen LogP contribution in [0.2, 0.25) is 5.02 Å². The summed E-state index contributed by atoms with van der Waals surface area (Å²) in [5, 5.41) is 12.6. The molecule has 0 aliphatic carbocycles. The number of nitrogens with zero attached hydrogens (tertiary/aromatic N) is 3. The molecule has 0 spiro atoms. The van der Waals surface area contributed by atoms with E-state index >= 15 is 0 Å². The van der Waals surface area contributed by atoms with Crippen molar-refractivity contribution in [2.45, 2.75) is 13.0 Å². The molecule has 1 atom stereocenters. The first kappa shape index (κ1) is 23.8. The molecule has 0 saturated carbocycles. The van der Waals surface area contributed by atoms with Crippen LogP contribution in [-0.2, 0) is 4.79 Å². The van der Waals surface area contributed by atoms with E-state index in [4.69, 9.17) is 16.3 Å². The van der Waals surface area contributed by atoms with Crippen molar-refractivity contribution < 1.29 is 9.53 Å². The van der Waals surface area contributed by atoms with Crippen molar-refractivity contribution in [3.63, 3.8) is 0 Å². The molecule has 0 aliphatic heterocycles. The number of hydrogen-bond donors (Lipinski definition) is 4. The maximum absolute atomic E-state index is 12.8. The Balaban J connectivity index is 1.52. The monoisotopic (exact) mass is 489 g/mol. The highest BCUT2D eigenvalue weighted by molar-refractivity contribution is 6.32. The first-order valence-corrected chi connectivity index (χ1v) is 11.2. The fraction of sp³-hybridized carbons (Fsp3) is 0.120. The topological polar surface area (TPSA) is 113 Å². The number of anilines is 6. The lowest BCUT2D eigenvalue weighted by atomic mass is 10.2. The van der Waals surface area contributed by atoms with Crippen molar-refractivity contribution in [1.29, 1.82) is 0 Å². The Bertz CT molecular complexity index is 1230. The summed E-state index contributed by atoms with van der Waals surface area (Å²) in [4.78, 5) is 26.1. The van der Waals surface area contributed by atoms with Gasteiger partial charge in [0.25, 0.3) is 0 Å². The number of hydrogen-bond acceptors (Lipinski definition) is 8. The molecule has 1 unspecified atom stereocenters. The molecular formula is C25H24ClN7O2. The molecule has 0 saturated heterocycles. The Morgan fingerprint density at radius 1 is 0.800 bits per heavy atom. The lowest BCUT2D eigenvalue weighted by Gasteiger charge is -2.16. The van der Waals surface area contributed by atoms with Crippen LogP contribution in [0.4, 0.5) is 34.9 Å². The van der Waals surface area contributed by atoms with Crippen LogP contribution in [0.5, 0.6) is 5.75 Å². The third-order valence-electron chi connectivity index (χ3n) is 4.85. The number of carbonyl (C=O) groups excluding carboxylic acids is 1. The number of ether oxygens (including phenoxy) is 1. The molecule has 1 heterocycles. The minimum atomic E-state index is -0.660. The van der Waals surface area contributed by atoms with Crippen LogP contribution in [-0.4, -0.2) is 34.0 Å². The van der Waals surface area contributed by atoms with Gasteiger partial charge in [-0.1, -0.05) is 48.0 Å². The van der Waals surface area contributed by atoms with E-state index in [1.807, 2.05) is 60.7 Å². The fourth-order valence-corrected chi connectivity index (χ4v) is 3.36. The van der Waals surface area contributed by atoms with Crippen LogP contribution in [0.15, 0.2) is 78.9 Å². The molecule has 35 heavy (non-hydrogen) atoms. The molecule has 178 valence electrons. The molecule has 10 heteroatoms. The largest absolute Gasteiger partial charge is 0.495 e. The van der Waals surface area contributed by atoms with Gasteiger partial charge in [0, 0.05) is 17.1 Å². The molecule has 1 amide bonds. The molecule has 4 aromatic rings. The number of aromatic nitrogens is 3. The maximum atomic E-state index is 12.8. The summed E-state index contributed by atoms with van der Waals surface area (Å²) in [5.74, 6) is 1.11. The van der Waals surface area contributed by atoms with E-state index in [2.05, 4.69) is 36.2 Å². The SMILES string of the molecule is COc1ccc(NC(=O)C(C)Nc2nc(Nc3ccccc3)nc(Nc3ccccc3)n2)cc1Cl. The number of carbonyl (C=O) groups is 1. The predicted octanol–water partition coefficient (Wildman–Crippen LogP) is 5.46. The van der Waals surface area contributed by atoms with Gasteiger partial charge in [-0.3, -0.25) is 4.79 Å². The lowest BCUT2D eigenvalue weighted by molar-refractivity contribution is -0.116. The van der Waals surface area contributed by atoms with E-state index in [0.29, 0.717) is 28.4 Å². The van der Waals surface area contributed by atoms with Crippen LogP contribution in [0.1, 0.15) is 6.92 Å². The highest BCUT2D eigenvalue weighted by Crippen LogP contribution is 2.27. The highest BCUT2D eigenvalue weighted by atomic mass is 35.5. The molecule has 0 aliphatic rings. The van der Waals surface area contributed by atoms with Crippen LogP contribution in [0, 0.1) is 0 Å². The Labute approximate surface area is 207 Å². The molecule has 1 aromatic heterocycles. The highest BCUT2D eigenvalue weighted by Gasteiger charge is 2.17. The summed E-state index contributed by atoms with van der Waals surface area (Å²) in [5.41, 5.74) is 2.18. The second-order valence-corrected chi connectivity index (χ2v) is 7.90. The first-order chi connectivity index (χ1) is 17.0. The lowest BCUT2D eigenvalue weighted by Crippen LogP contribution is -2.32. The first-order valence-electron chi connectivity index (χ1n) is 10.8. The van der Waals surface area contributed by atoms with Crippen molar-refractivity contribution in [2.24, 2.45) is 0 Å². The molecule has 0 fully saturated rings. The summed E-state index contributed by atoms with van der Waals surface area (Å²) in [6, 6.07) is 23.4. The summed E-state index contributed by atoms with van der Waals surface area (Å²) < 4.78 is 5.15. The van der Waals surface area contributed by atoms with E-state index in [9.17, 15) is 4.79 Å². The predicted molar refractivity (Wildman–Crippen MR) is 139 cm³/mol. The van der Waals surface area contributed by atoms with Crippen molar-refractivity contribution >= 4 is 52.4 Å². The van der Waals surface area contributed by atoms with E-state index < -0.39 is 6.04 Å². The quantitative estimate of drug-likeness (QED) is 0.245. The third-order valence-corrected chi connectivity index (χ3v) is 5.15. The van der Waals surface area contributed by atoms with Crippen molar-refractivity contribution in [3.8, 4) is 5.75 Å². The number of rotatable bonds is 9. The van der Waals surface area contributed by atoms with E-state index in [1.54, 1.807) is 25.1 Å². The Kier molecular flexibility index (Phi) is 7.59. The average Bonchev–Trinajstić information content (AvgIpc) is 2.85. The smallest absolute Gasteiger partial charge is 0.246 e. The molecule has 4 N–H and O–H groups in total. The molecular weight excluding hydrogens is 466 g/mol. The van der Waals surface area contributed by atoms with Gasteiger partial charge in [0.2, 0.25) is 23.8 Å². The van der Waals surface area contributed by atoms with Gasteiger partial charge >= 0.3 is 0 Å². The van der Waals surface area contributed by atoms with Gasteiger partial charge in [0.1, 0.15) is 11.8 Å².